The highest BCUT2D eigenvalue weighted by atomic mass is 32.1. The molecule has 0 unspecified atom stereocenters. The molecule has 0 aliphatic rings. The molecular formula is C18H14N2OS4. The third-order valence-electron chi connectivity index (χ3n) is 3.63. The Morgan fingerprint density at radius 3 is 2.20 bits per heavy atom. The first-order chi connectivity index (χ1) is 12.3. The number of aromatic nitrogens is 1. The fourth-order valence-electron chi connectivity index (χ4n) is 2.43. The monoisotopic (exact) mass is 402 g/mol. The zero-order chi connectivity index (χ0) is 17.1. The summed E-state index contributed by atoms with van der Waals surface area (Å²) in [5.41, 5.74) is 1.61. The summed E-state index contributed by atoms with van der Waals surface area (Å²) < 4.78 is 0. The summed E-state index contributed by atoms with van der Waals surface area (Å²) in [6.45, 7) is 1.22. The molecule has 0 atom stereocenters. The quantitative estimate of drug-likeness (QED) is 0.406. The second-order valence-electron chi connectivity index (χ2n) is 5.37. The first-order valence-electron chi connectivity index (χ1n) is 7.62. The lowest BCUT2D eigenvalue weighted by Crippen LogP contribution is -2.29. The van der Waals surface area contributed by atoms with Crippen molar-refractivity contribution in [3.63, 3.8) is 0 Å². The maximum atomic E-state index is 13.1. The molecule has 4 aromatic heterocycles. The molecule has 4 aromatic rings. The SMILES string of the molecule is O=C(c1csc(-c2ccsc2)n1)N(Cc1cccs1)Cc1cccs1. The van der Waals surface area contributed by atoms with Crippen LogP contribution in [0.2, 0.25) is 0 Å². The Labute approximate surface area is 161 Å². The standard InChI is InChI=1S/C18H14N2OS4/c21-18(16-12-25-17(19-16)13-5-8-22-11-13)20(9-14-3-1-6-23-14)10-15-4-2-7-24-15/h1-8,11-12H,9-10H2. The van der Waals surface area contributed by atoms with E-state index < -0.39 is 0 Å². The Kier molecular flexibility index (Phi) is 5.07. The predicted octanol–water partition coefficient (Wildman–Crippen LogP) is 5.84. The zero-order valence-electron chi connectivity index (χ0n) is 13.1. The molecule has 25 heavy (non-hydrogen) atoms. The van der Waals surface area contributed by atoms with E-state index in [1.165, 1.54) is 21.1 Å². The van der Waals surface area contributed by atoms with Gasteiger partial charge in [-0.25, -0.2) is 4.98 Å². The van der Waals surface area contributed by atoms with Gasteiger partial charge in [-0.2, -0.15) is 11.3 Å². The molecule has 0 saturated carbocycles. The van der Waals surface area contributed by atoms with Crippen molar-refractivity contribution in [1.29, 1.82) is 0 Å². The second-order valence-corrected chi connectivity index (χ2v) is 9.07. The predicted molar refractivity (Wildman–Crippen MR) is 108 cm³/mol. The lowest BCUT2D eigenvalue weighted by Gasteiger charge is -2.20. The van der Waals surface area contributed by atoms with Crippen LogP contribution < -0.4 is 0 Å². The minimum absolute atomic E-state index is 0.0143. The van der Waals surface area contributed by atoms with Crippen LogP contribution in [0.3, 0.4) is 0 Å². The van der Waals surface area contributed by atoms with Crippen LogP contribution in [0.5, 0.6) is 0 Å². The minimum Gasteiger partial charge on any atom is -0.327 e. The summed E-state index contributed by atoms with van der Waals surface area (Å²) in [4.78, 5) is 21.9. The number of carbonyl (C=O) groups is 1. The molecule has 4 heterocycles. The minimum atomic E-state index is -0.0143. The van der Waals surface area contributed by atoms with Gasteiger partial charge >= 0.3 is 0 Å². The molecule has 126 valence electrons. The fraction of sp³-hybridized carbons (Fsp3) is 0.111. The van der Waals surface area contributed by atoms with Crippen LogP contribution in [0.15, 0.2) is 57.2 Å². The molecule has 0 aromatic carbocycles. The summed E-state index contributed by atoms with van der Waals surface area (Å²) in [6, 6.07) is 10.2. The summed E-state index contributed by atoms with van der Waals surface area (Å²) in [7, 11) is 0. The van der Waals surface area contributed by atoms with Gasteiger partial charge in [0.15, 0.2) is 0 Å². The van der Waals surface area contributed by atoms with Crippen molar-refractivity contribution in [2.24, 2.45) is 0 Å². The van der Waals surface area contributed by atoms with Gasteiger partial charge in [0.05, 0.1) is 13.1 Å². The smallest absolute Gasteiger partial charge is 0.274 e. The van der Waals surface area contributed by atoms with Crippen molar-refractivity contribution in [1.82, 2.24) is 9.88 Å². The maximum absolute atomic E-state index is 13.1. The topological polar surface area (TPSA) is 33.2 Å². The van der Waals surface area contributed by atoms with E-state index in [2.05, 4.69) is 22.5 Å². The first-order valence-corrected chi connectivity index (χ1v) is 11.2. The van der Waals surface area contributed by atoms with Gasteiger partial charge in [-0.3, -0.25) is 4.79 Å². The maximum Gasteiger partial charge on any atom is 0.274 e. The van der Waals surface area contributed by atoms with Gasteiger partial charge in [0, 0.05) is 26.1 Å². The summed E-state index contributed by atoms with van der Waals surface area (Å²) in [6.07, 6.45) is 0. The number of thiazole rings is 1. The molecule has 0 spiro atoms. The molecule has 1 amide bonds. The van der Waals surface area contributed by atoms with E-state index in [0.29, 0.717) is 18.8 Å². The lowest BCUT2D eigenvalue weighted by molar-refractivity contribution is 0.0728. The molecule has 0 aliphatic heterocycles. The third kappa shape index (κ3) is 3.90. The van der Waals surface area contributed by atoms with Crippen molar-refractivity contribution in [2.75, 3.05) is 0 Å². The summed E-state index contributed by atoms with van der Waals surface area (Å²) in [5, 5.41) is 10.9. The molecule has 4 rings (SSSR count). The summed E-state index contributed by atoms with van der Waals surface area (Å²) >= 11 is 6.51. The van der Waals surface area contributed by atoms with Gasteiger partial charge in [0.2, 0.25) is 0 Å². The van der Waals surface area contributed by atoms with Crippen molar-refractivity contribution in [2.45, 2.75) is 13.1 Å². The van der Waals surface area contributed by atoms with E-state index in [-0.39, 0.29) is 5.91 Å². The van der Waals surface area contributed by atoms with Gasteiger partial charge < -0.3 is 4.90 Å². The molecule has 0 aliphatic carbocycles. The molecule has 3 nitrogen and oxygen atoms in total. The first kappa shape index (κ1) is 16.7. The van der Waals surface area contributed by atoms with Crippen LogP contribution in [0, 0.1) is 0 Å². The number of thiophene rings is 3. The molecule has 0 fully saturated rings. The number of rotatable bonds is 6. The largest absolute Gasteiger partial charge is 0.327 e. The average molecular weight is 403 g/mol. The Balaban J connectivity index is 1.58. The Hall–Kier alpha value is -1.80. The highest BCUT2D eigenvalue weighted by Gasteiger charge is 2.20. The van der Waals surface area contributed by atoms with Gasteiger partial charge in [-0.1, -0.05) is 12.1 Å². The molecule has 0 N–H and O–H groups in total. The molecular weight excluding hydrogens is 388 g/mol. The summed E-state index contributed by atoms with van der Waals surface area (Å²) in [5.74, 6) is -0.0143. The van der Waals surface area contributed by atoms with Crippen LogP contribution in [0.4, 0.5) is 0 Å². The van der Waals surface area contributed by atoms with E-state index in [1.54, 1.807) is 34.0 Å². The van der Waals surface area contributed by atoms with Gasteiger partial charge in [-0.15, -0.1) is 34.0 Å². The van der Waals surface area contributed by atoms with E-state index >= 15 is 0 Å². The average Bonchev–Trinajstić information content (AvgIpc) is 3.41. The highest BCUT2D eigenvalue weighted by molar-refractivity contribution is 7.14. The normalized spacial score (nSPS) is 10.9. The number of hydrogen-bond acceptors (Lipinski definition) is 6. The number of amides is 1. The molecule has 0 saturated heterocycles. The van der Waals surface area contributed by atoms with Crippen molar-refractivity contribution in [3.05, 3.63) is 72.7 Å². The molecule has 7 heteroatoms. The Morgan fingerprint density at radius 2 is 1.64 bits per heavy atom. The van der Waals surface area contributed by atoms with Gasteiger partial charge in [0.25, 0.3) is 5.91 Å². The zero-order valence-corrected chi connectivity index (χ0v) is 16.4. The fourth-order valence-corrected chi connectivity index (χ4v) is 5.38. The lowest BCUT2D eigenvalue weighted by atomic mass is 10.3. The Bertz CT molecular complexity index is 888. The van der Waals surface area contributed by atoms with E-state index in [1.807, 2.05) is 44.6 Å². The van der Waals surface area contributed by atoms with Crippen molar-refractivity contribution >= 4 is 51.3 Å². The molecule has 0 bridgehead atoms. The molecule has 0 radical (unpaired) electrons. The van der Waals surface area contributed by atoms with Gasteiger partial charge in [0.1, 0.15) is 10.7 Å². The van der Waals surface area contributed by atoms with E-state index in [9.17, 15) is 4.79 Å². The van der Waals surface area contributed by atoms with Gasteiger partial charge in [-0.05, 0) is 34.3 Å². The number of hydrogen-bond donors (Lipinski definition) is 0. The highest BCUT2D eigenvalue weighted by Crippen LogP contribution is 2.27. The van der Waals surface area contributed by atoms with Crippen LogP contribution in [-0.4, -0.2) is 15.8 Å². The van der Waals surface area contributed by atoms with Crippen LogP contribution >= 0.6 is 45.3 Å². The van der Waals surface area contributed by atoms with E-state index in [0.717, 1.165) is 10.6 Å². The number of nitrogens with zero attached hydrogens (tertiary/aromatic N) is 2. The van der Waals surface area contributed by atoms with Crippen molar-refractivity contribution < 1.29 is 4.79 Å². The second kappa shape index (κ2) is 7.61. The van der Waals surface area contributed by atoms with Crippen LogP contribution in [0.1, 0.15) is 20.2 Å². The van der Waals surface area contributed by atoms with Crippen LogP contribution in [-0.2, 0) is 13.1 Å². The van der Waals surface area contributed by atoms with Crippen LogP contribution in [0.25, 0.3) is 10.6 Å². The van der Waals surface area contributed by atoms with E-state index in [4.69, 9.17) is 0 Å². The number of carbonyl (C=O) groups excluding carboxylic acids is 1. The third-order valence-corrected chi connectivity index (χ3v) is 6.93. The Morgan fingerprint density at radius 1 is 0.920 bits per heavy atom. The van der Waals surface area contributed by atoms with Crippen molar-refractivity contribution in [3.8, 4) is 10.6 Å².